The summed E-state index contributed by atoms with van der Waals surface area (Å²) < 4.78 is 18.1. The molecule has 0 radical (unpaired) electrons. The normalized spacial score (nSPS) is 25.3. The number of hydrogen-bond donors (Lipinski definition) is 1. The second-order valence-electron chi connectivity index (χ2n) is 3.69. The highest BCUT2D eigenvalue weighted by Crippen LogP contribution is 2.38. The third-order valence-electron chi connectivity index (χ3n) is 2.69. The Labute approximate surface area is 103 Å². The maximum atomic E-state index is 11.6. The molecule has 1 saturated heterocycles. The van der Waals surface area contributed by atoms with Crippen molar-refractivity contribution in [3.05, 3.63) is 0 Å². The van der Waals surface area contributed by atoms with Crippen LogP contribution >= 0.6 is 0 Å². The maximum absolute atomic E-state index is 11.6. The van der Waals surface area contributed by atoms with Gasteiger partial charge in [-0.1, -0.05) is 0 Å². The molecule has 0 spiro atoms. The molecule has 0 aromatic rings. The van der Waals surface area contributed by atoms with Crippen molar-refractivity contribution in [2.24, 2.45) is 0 Å². The number of methoxy groups -OCH3 is 3. The van der Waals surface area contributed by atoms with E-state index in [2.05, 4.69) is 14.2 Å². The second-order valence-corrected chi connectivity index (χ2v) is 3.69. The molecule has 1 rings (SSSR count). The molecule has 1 atom stereocenters. The molecule has 1 unspecified atom stereocenters. The van der Waals surface area contributed by atoms with E-state index in [1.54, 1.807) is 0 Å². The Morgan fingerprint density at radius 3 is 1.78 bits per heavy atom. The van der Waals surface area contributed by atoms with Crippen LogP contribution in [0.25, 0.3) is 0 Å². The molecule has 8 nitrogen and oxygen atoms in total. The van der Waals surface area contributed by atoms with Crippen molar-refractivity contribution in [3.8, 4) is 0 Å². The number of hydrogen-bond acceptors (Lipinski definition) is 8. The van der Waals surface area contributed by atoms with E-state index >= 15 is 0 Å². The van der Waals surface area contributed by atoms with Gasteiger partial charge in [0.15, 0.2) is 0 Å². The summed E-state index contributed by atoms with van der Waals surface area (Å²) in [6, 6.07) is 0. The van der Waals surface area contributed by atoms with E-state index in [-0.39, 0.29) is 12.8 Å². The Bertz CT molecular complexity index is 360. The molecule has 0 saturated carbocycles. The fourth-order valence-electron chi connectivity index (χ4n) is 1.74. The van der Waals surface area contributed by atoms with E-state index < -0.39 is 29.3 Å². The number of carbonyl (C=O) groups is 3. The zero-order valence-electron chi connectivity index (χ0n) is 10.2. The maximum Gasteiger partial charge on any atom is 0.366 e. The highest BCUT2D eigenvalue weighted by atomic mass is 16.7. The molecule has 0 aromatic carbocycles. The minimum absolute atomic E-state index is 0.252. The van der Waals surface area contributed by atoms with Gasteiger partial charge in [-0.2, -0.15) is 0 Å². The number of esters is 3. The Balaban J connectivity index is 3.08. The van der Waals surface area contributed by atoms with Gasteiger partial charge in [0.2, 0.25) is 0 Å². The van der Waals surface area contributed by atoms with Crippen molar-refractivity contribution >= 4 is 17.9 Å². The average molecular weight is 262 g/mol. The Kier molecular flexibility index (Phi) is 3.92. The molecule has 102 valence electrons. The third kappa shape index (κ3) is 2.04. The van der Waals surface area contributed by atoms with Crippen LogP contribution in [-0.4, -0.2) is 55.7 Å². The van der Waals surface area contributed by atoms with Gasteiger partial charge in [-0.25, -0.2) is 14.4 Å². The molecule has 1 heterocycles. The van der Waals surface area contributed by atoms with Crippen molar-refractivity contribution in [2.45, 2.75) is 24.2 Å². The first-order valence-corrected chi connectivity index (χ1v) is 5.04. The molecule has 0 bridgehead atoms. The largest absolute Gasteiger partial charge is 0.466 e. The van der Waals surface area contributed by atoms with Gasteiger partial charge < -0.3 is 24.1 Å². The summed E-state index contributed by atoms with van der Waals surface area (Å²) in [5, 5.41) is 9.87. The lowest BCUT2D eigenvalue weighted by Crippen LogP contribution is -2.52. The highest BCUT2D eigenvalue weighted by Gasteiger charge is 2.63. The minimum Gasteiger partial charge on any atom is -0.466 e. The highest BCUT2D eigenvalue weighted by molar-refractivity contribution is 6.04. The van der Waals surface area contributed by atoms with Crippen LogP contribution in [0.1, 0.15) is 12.8 Å². The predicted molar refractivity (Wildman–Crippen MR) is 54.0 cm³/mol. The fourth-order valence-corrected chi connectivity index (χ4v) is 1.74. The van der Waals surface area contributed by atoms with Crippen LogP contribution in [-0.2, 0) is 33.3 Å². The standard InChI is InChI=1S/C10H14O8/c1-15-6(11)9(7(12)16-2)4-5-10(14,18-9)8(13)17-3/h14H,4-5H2,1-3H3. The minimum atomic E-state index is -2.36. The SMILES string of the molecule is COC(=O)C1(O)CCC(C(=O)OC)(C(=O)OC)O1. The van der Waals surface area contributed by atoms with Gasteiger partial charge in [0, 0.05) is 12.8 Å². The van der Waals surface area contributed by atoms with Crippen molar-refractivity contribution < 1.29 is 38.4 Å². The van der Waals surface area contributed by atoms with E-state index in [1.807, 2.05) is 0 Å². The first-order valence-electron chi connectivity index (χ1n) is 5.04. The number of aliphatic hydroxyl groups is 1. The first-order chi connectivity index (χ1) is 8.36. The smallest absolute Gasteiger partial charge is 0.366 e. The Morgan fingerprint density at radius 2 is 1.39 bits per heavy atom. The van der Waals surface area contributed by atoms with E-state index in [0.717, 1.165) is 21.3 Å². The third-order valence-corrected chi connectivity index (χ3v) is 2.69. The average Bonchev–Trinajstić information content (AvgIpc) is 2.76. The van der Waals surface area contributed by atoms with E-state index in [4.69, 9.17) is 4.74 Å². The first kappa shape index (κ1) is 14.4. The van der Waals surface area contributed by atoms with Crippen molar-refractivity contribution in [2.75, 3.05) is 21.3 Å². The number of rotatable bonds is 3. The summed E-state index contributed by atoms with van der Waals surface area (Å²) in [6.45, 7) is 0. The predicted octanol–water partition coefficient (Wildman–Crippen LogP) is -1.26. The van der Waals surface area contributed by atoms with Crippen LogP contribution in [0.4, 0.5) is 0 Å². The lowest BCUT2D eigenvalue weighted by Gasteiger charge is -2.25. The quantitative estimate of drug-likeness (QED) is 0.381. The molecule has 0 aromatic heterocycles. The van der Waals surface area contributed by atoms with Gasteiger partial charge in [0.25, 0.3) is 11.4 Å². The molecule has 0 amide bonds. The summed E-state index contributed by atoms with van der Waals surface area (Å²) in [5.74, 6) is -5.56. The van der Waals surface area contributed by atoms with Crippen LogP contribution in [0.5, 0.6) is 0 Å². The van der Waals surface area contributed by atoms with Crippen molar-refractivity contribution in [3.63, 3.8) is 0 Å². The van der Waals surface area contributed by atoms with Crippen LogP contribution < -0.4 is 0 Å². The van der Waals surface area contributed by atoms with Gasteiger partial charge in [-0.15, -0.1) is 0 Å². The zero-order valence-corrected chi connectivity index (χ0v) is 10.2. The molecule has 1 fully saturated rings. The zero-order chi connectivity index (χ0) is 14.0. The van der Waals surface area contributed by atoms with Crippen LogP contribution in [0.3, 0.4) is 0 Å². The molecule has 18 heavy (non-hydrogen) atoms. The van der Waals surface area contributed by atoms with Crippen LogP contribution in [0, 0.1) is 0 Å². The van der Waals surface area contributed by atoms with Crippen molar-refractivity contribution in [1.29, 1.82) is 0 Å². The molecule has 1 N–H and O–H groups in total. The molecular weight excluding hydrogens is 248 g/mol. The molecular formula is C10H14O8. The van der Waals surface area contributed by atoms with Gasteiger partial charge in [-0.05, 0) is 0 Å². The van der Waals surface area contributed by atoms with Gasteiger partial charge >= 0.3 is 17.9 Å². The van der Waals surface area contributed by atoms with Gasteiger partial charge in [0.1, 0.15) is 0 Å². The second kappa shape index (κ2) is 4.91. The van der Waals surface area contributed by atoms with E-state index in [9.17, 15) is 19.5 Å². The fraction of sp³-hybridized carbons (Fsp3) is 0.700. The van der Waals surface area contributed by atoms with Crippen LogP contribution in [0.2, 0.25) is 0 Å². The Hall–Kier alpha value is -1.67. The van der Waals surface area contributed by atoms with E-state index in [1.165, 1.54) is 0 Å². The summed E-state index contributed by atoms with van der Waals surface area (Å²) >= 11 is 0. The van der Waals surface area contributed by atoms with Gasteiger partial charge in [0.05, 0.1) is 21.3 Å². The monoisotopic (exact) mass is 262 g/mol. The van der Waals surface area contributed by atoms with Crippen molar-refractivity contribution in [1.82, 2.24) is 0 Å². The summed E-state index contributed by atoms with van der Waals surface area (Å²) in [7, 11) is 3.14. The summed E-state index contributed by atoms with van der Waals surface area (Å²) in [5.41, 5.74) is -2.15. The molecule has 0 aliphatic carbocycles. The lowest BCUT2D eigenvalue weighted by molar-refractivity contribution is -0.242. The number of carbonyl (C=O) groups excluding carboxylic acids is 3. The topological polar surface area (TPSA) is 108 Å². The molecule has 8 heteroatoms. The lowest BCUT2D eigenvalue weighted by atomic mass is 9.99. The summed E-state index contributed by atoms with van der Waals surface area (Å²) in [6.07, 6.45) is -0.540. The Morgan fingerprint density at radius 1 is 0.944 bits per heavy atom. The van der Waals surface area contributed by atoms with E-state index in [0.29, 0.717) is 0 Å². The van der Waals surface area contributed by atoms with Crippen LogP contribution in [0.15, 0.2) is 0 Å². The van der Waals surface area contributed by atoms with Gasteiger partial charge in [-0.3, -0.25) is 0 Å². The molecule has 1 aliphatic heterocycles. The molecule has 1 aliphatic rings. The summed E-state index contributed by atoms with van der Waals surface area (Å²) in [4.78, 5) is 34.6. The number of ether oxygens (including phenoxy) is 4.